The van der Waals surface area contributed by atoms with Gasteiger partial charge in [0.15, 0.2) is 0 Å². The predicted molar refractivity (Wildman–Crippen MR) is 78.7 cm³/mol. The van der Waals surface area contributed by atoms with Crippen LogP contribution in [0.2, 0.25) is 0 Å². The van der Waals surface area contributed by atoms with Crippen LogP contribution in [0.1, 0.15) is 18.9 Å². The van der Waals surface area contributed by atoms with Gasteiger partial charge in [0, 0.05) is 18.8 Å². The monoisotopic (exact) mass is 274 g/mol. The lowest BCUT2D eigenvalue weighted by Gasteiger charge is -2.34. The van der Waals surface area contributed by atoms with Crippen LogP contribution >= 0.6 is 0 Å². The summed E-state index contributed by atoms with van der Waals surface area (Å²) in [6.45, 7) is 4.78. The highest BCUT2D eigenvalue weighted by Crippen LogP contribution is 2.27. The smallest absolute Gasteiger partial charge is 0.241 e. The number of benzene rings is 1. The number of aliphatic hydroxyl groups is 1. The quantitative estimate of drug-likeness (QED) is 0.883. The molecule has 108 valence electrons. The summed E-state index contributed by atoms with van der Waals surface area (Å²) in [7, 11) is 0. The number of hydrogen-bond acceptors (Lipinski definition) is 3. The maximum atomic E-state index is 12.5. The Hall–Kier alpha value is -1.39. The van der Waals surface area contributed by atoms with Crippen molar-refractivity contribution in [3.63, 3.8) is 0 Å². The van der Waals surface area contributed by atoms with E-state index in [-0.39, 0.29) is 12.0 Å². The number of fused-ring (bicyclic) bond motifs is 1. The van der Waals surface area contributed by atoms with E-state index in [1.165, 1.54) is 5.56 Å². The fourth-order valence-electron chi connectivity index (χ4n) is 3.13. The molecule has 2 aliphatic rings. The molecular formula is C16H22N2O2. The van der Waals surface area contributed by atoms with Crippen LogP contribution in [-0.2, 0) is 11.2 Å². The van der Waals surface area contributed by atoms with Gasteiger partial charge in [-0.05, 0) is 36.9 Å². The molecule has 2 unspecified atom stereocenters. The number of carbonyl (C=O) groups excluding carboxylic acids is 1. The third-order valence-corrected chi connectivity index (χ3v) is 4.55. The Morgan fingerprint density at radius 3 is 2.95 bits per heavy atom. The van der Waals surface area contributed by atoms with Crippen LogP contribution in [0.3, 0.4) is 0 Å². The van der Waals surface area contributed by atoms with Crippen molar-refractivity contribution in [2.45, 2.75) is 25.9 Å². The van der Waals surface area contributed by atoms with Crippen LogP contribution < -0.4 is 4.90 Å². The van der Waals surface area contributed by atoms with Gasteiger partial charge < -0.3 is 10.0 Å². The molecule has 1 saturated heterocycles. The van der Waals surface area contributed by atoms with Gasteiger partial charge in [-0.2, -0.15) is 0 Å². The van der Waals surface area contributed by atoms with E-state index in [0.717, 1.165) is 31.6 Å². The lowest BCUT2D eigenvalue weighted by Crippen LogP contribution is -2.47. The minimum atomic E-state index is -0.303. The lowest BCUT2D eigenvalue weighted by molar-refractivity contribution is -0.120. The van der Waals surface area contributed by atoms with Gasteiger partial charge in [-0.1, -0.05) is 25.1 Å². The van der Waals surface area contributed by atoms with E-state index < -0.39 is 0 Å². The molecule has 20 heavy (non-hydrogen) atoms. The topological polar surface area (TPSA) is 43.8 Å². The number of piperidine rings is 1. The van der Waals surface area contributed by atoms with Crippen molar-refractivity contribution in [1.29, 1.82) is 0 Å². The van der Waals surface area contributed by atoms with E-state index in [0.29, 0.717) is 19.0 Å². The average Bonchev–Trinajstić information content (AvgIpc) is 2.87. The van der Waals surface area contributed by atoms with E-state index in [1.54, 1.807) is 0 Å². The highest BCUT2D eigenvalue weighted by molar-refractivity contribution is 5.96. The van der Waals surface area contributed by atoms with Crippen LogP contribution in [0, 0.1) is 5.92 Å². The summed E-state index contributed by atoms with van der Waals surface area (Å²) >= 11 is 0. The Morgan fingerprint density at radius 2 is 2.15 bits per heavy atom. The van der Waals surface area contributed by atoms with Crippen molar-refractivity contribution in [3.8, 4) is 0 Å². The van der Waals surface area contributed by atoms with Crippen molar-refractivity contribution in [2.75, 3.05) is 31.1 Å². The number of carbonyl (C=O) groups is 1. The van der Waals surface area contributed by atoms with E-state index in [2.05, 4.69) is 17.9 Å². The van der Waals surface area contributed by atoms with Crippen molar-refractivity contribution in [1.82, 2.24) is 4.90 Å². The van der Waals surface area contributed by atoms with Crippen LogP contribution in [0.4, 0.5) is 5.69 Å². The fourth-order valence-corrected chi connectivity index (χ4v) is 3.13. The number of likely N-dealkylation sites (tertiary alicyclic amines) is 1. The normalized spacial score (nSPS) is 26.6. The first-order valence-electron chi connectivity index (χ1n) is 7.44. The summed E-state index contributed by atoms with van der Waals surface area (Å²) in [6, 6.07) is 8.12. The van der Waals surface area contributed by atoms with Crippen molar-refractivity contribution < 1.29 is 9.90 Å². The molecule has 1 fully saturated rings. The first kappa shape index (κ1) is 13.6. The maximum absolute atomic E-state index is 12.5. The number of β-amino-alcohol motifs (C(OH)–C–C–N with tert-alkyl or cyclic N) is 1. The molecule has 0 aromatic heterocycles. The number of para-hydroxylation sites is 1. The zero-order valence-electron chi connectivity index (χ0n) is 12.0. The Labute approximate surface area is 120 Å². The predicted octanol–water partition coefficient (Wildman–Crippen LogP) is 1.28. The van der Waals surface area contributed by atoms with Crippen molar-refractivity contribution in [2.24, 2.45) is 5.92 Å². The Bertz CT molecular complexity index is 503. The fraction of sp³-hybridized carbons (Fsp3) is 0.562. The molecule has 1 N–H and O–H groups in total. The minimum Gasteiger partial charge on any atom is -0.392 e. The first-order chi connectivity index (χ1) is 9.65. The molecule has 0 spiro atoms. The van der Waals surface area contributed by atoms with Gasteiger partial charge in [0.05, 0.1) is 12.6 Å². The van der Waals surface area contributed by atoms with E-state index in [1.807, 2.05) is 23.1 Å². The molecule has 0 bridgehead atoms. The molecule has 1 aromatic rings. The van der Waals surface area contributed by atoms with Crippen LogP contribution in [0.15, 0.2) is 24.3 Å². The van der Waals surface area contributed by atoms with Gasteiger partial charge >= 0.3 is 0 Å². The number of nitrogens with zero attached hydrogens (tertiary/aromatic N) is 2. The van der Waals surface area contributed by atoms with Crippen molar-refractivity contribution >= 4 is 11.6 Å². The Kier molecular flexibility index (Phi) is 3.76. The van der Waals surface area contributed by atoms with Gasteiger partial charge in [0.2, 0.25) is 5.91 Å². The summed E-state index contributed by atoms with van der Waals surface area (Å²) < 4.78 is 0. The minimum absolute atomic E-state index is 0.150. The van der Waals surface area contributed by atoms with Crippen LogP contribution in [0.5, 0.6) is 0 Å². The standard InChI is InChI=1S/C16H22N2O2/c1-12-6-8-17(10-15(12)19)11-16(20)18-9-7-13-4-2-3-5-14(13)18/h2-5,12,15,19H,6-11H2,1H3. The molecule has 0 aliphatic carbocycles. The van der Waals surface area contributed by atoms with Gasteiger partial charge in [0.25, 0.3) is 0 Å². The zero-order valence-corrected chi connectivity index (χ0v) is 12.0. The van der Waals surface area contributed by atoms with Gasteiger partial charge in [-0.15, -0.1) is 0 Å². The van der Waals surface area contributed by atoms with Crippen LogP contribution in [0.25, 0.3) is 0 Å². The van der Waals surface area contributed by atoms with E-state index in [4.69, 9.17) is 0 Å². The molecule has 0 radical (unpaired) electrons. The highest BCUT2D eigenvalue weighted by Gasteiger charge is 2.29. The molecular weight excluding hydrogens is 252 g/mol. The van der Waals surface area contributed by atoms with E-state index in [9.17, 15) is 9.90 Å². The number of amides is 1. The SMILES string of the molecule is CC1CCN(CC(=O)N2CCc3ccccc32)CC1O. The number of hydrogen-bond donors (Lipinski definition) is 1. The summed E-state index contributed by atoms with van der Waals surface area (Å²) in [5.74, 6) is 0.491. The van der Waals surface area contributed by atoms with Crippen molar-refractivity contribution in [3.05, 3.63) is 29.8 Å². The lowest BCUT2D eigenvalue weighted by atomic mass is 9.96. The second-order valence-corrected chi connectivity index (χ2v) is 5.99. The molecule has 2 heterocycles. The van der Waals surface area contributed by atoms with Crippen LogP contribution in [-0.4, -0.2) is 48.2 Å². The molecule has 3 rings (SSSR count). The number of rotatable bonds is 2. The zero-order chi connectivity index (χ0) is 14.1. The Balaban J connectivity index is 1.63. The summed E-state index contributed by atoms with van der Waals surface area (Å²) in [4.78, 5) is 16.4. The third-order valence-electron chi connectivity index (χ3n) is 4.55. The largest absolute Gasteiger partial charge is 0.392 e. The van der Waals surface area contributed by atoms with Gasteiger partial charge in [0.1, 0.15) is 0 Å². The summed E-state index contributed by atoms with van der Waals surface area (Å²) in [6.07, 6.45) is 1.61. The Morgan fingerprint density at radius 1 is 1.35 bits per heavy atom. The molecule has 1 aromatic carbocycles. The first-order valence-corrected chi connectivity index (χ1v) is 7.44. The number of aliphatic hydroxyl groups excluding tert-OH is 1. The van der Waals surface area contributed by atoms with Gasteiger partial charge in [-0.25, -0.2) is 0 Å². The third kappa shape index (κ3) is 2.58. The average molecular weight is 274 g/mol. The second-order valence-electron chi connectivity index (χ2n) is 5.99. The molecule has 2 aliphatic heterocycles. The molecule has 4 heteroatoms. The maximum Gasteiger partial charge on any atom is 0.241 e. The van der Waals surface area contributed by atoms with E-state index >= 15 is 0 Å². The second kappa shape index (κ2) is 5.54. The van der Waals surface area contributed by atoms with Gasteiger partial charge in [-0.3, -0.25) is 9.69 Å². The molecule has 4 nitrogen and oxygen atoms in total. The molecule has 2 atom stereocenters. The molecule has 1 amide bonds. The number of anilines is 1. The highest BCUT2D eigenvalue weighted by atomic mass is 16.3. The summed E-state index contributed by atoms with van der Waals surface area (Å²) in [5.41, 5.74) is 2.32. The summed E-state index contributed by atoms with van der Waals surface area (Å²) in [5, 5.41) is 9.92. The molecule has 0 saturated carbocycles.